The number of hydrogen-bond donors (Lipinski definition) is 4. The lowest BCUT2D eigenvalue weighted by molar-refractivity contribution is 0.0962. The van der Waals surface area contributed by atoms with Gasteiger partial charge in [-0.2, -0.15) is 0 Å². The number of hydrazine groups is 1. The first-order valence-electron chi connectivity index (χ1n) is 8.57. The Labute approximate surface area is 168 Å². The van der Waals surface area contributed by atoms with E-state index in [9.17, 15) is 4.79 Å². The first kappa shape index (κ1) is 19.2. The second kappa shape index (κ2) is 9.38. The van der Waals surface area contributed by atoms with Gasteiger partial charge in [-0.15, -0.1) is 0 Å². The average molecular weight is 392 g/mol. The zero-order valence-electron chi connectivity index (χ0n) is 15.2. The highest BCUT2D eigenvalue weighted by Crippen LogP contribution is 2.15. The van der Waals surface area contributed by atoms with Crippen LogP contribution >= 0.6 is 12.2 Å². The average Bonchev–Trinajstić information content (AvgIpc) is 2.73. The third-order valence-electron chi connectivity index (χ3n) is 3.85. The minimum absolute atomic E-state index is 0.238. The van der Waals surface area contributed by atoms with Gasteiger partial charge >= 0.3 is 0 Å². The summed E-state index contributed by atoms with van der Waals surface area (Å²) in [6, 6.07) is 24.0. The van der Waals surface area contributed by atoms with Crippen molar-refractivity contribution in [2.75, 3.05) is 23.2 Å². The van der Waals surface area contributed by atoms with Gasteiger partial charge in [-0.1, -0.05) is 18.2 Å². The molecule has 0 saturated heterocycles. The quantitative estimate of drug-likeness (QED) is 0.371. The summed E-state index contributed by atoms with van der Waals surface area (Å²) in [5.74, 6) is 0.463. The summed E-state index contributed by atoms with van der Waals surface area (Å²) in [6.07, 6.45) is 0. The molecule has 1 amide bonds. The molecule has 7 heteroatoms. The zero-order valence-corrected chi connectivity index (χ0v) is 16.0. The van der Waals surface area contributed by atoms with Crippen LogP contribution in [0.5, 0.6) is 5.75 Å². The van der Waals surface area contributed by atoms with Crippen LogP contribution in [0, 0.1) is 0 Å². The van der Waals surface area contributed by atoms with Crippen LogP contribution in [0.4, 0.5) is 17.1 Å². The third-order valence-corrected chi connectivity index (χ3v) is 4.05. The molecular formula is C21H20N4O2S. The Balaban J connectivity index is 1.49. The number of ether oxygens (including phenoxy) is 1. The van der Waals surface area contributed by atoms with Gasteiger partial charge in [0.05, 0.1) is 12.8 Å². The van der Waals surface area contributed by atoms with E-state index in [1.165, 1.54) is 0 Å². The Bertz CT molecular complexity index is 929. The minimum atomic E-state index is -0.238. The van der Waals surface area contributed by atoms with E-state index in [0.29, 0.717) is 16.4 Å². The second-order valence-electron chi connectivity index (χ2n) is 5.83. The van der Waals surface area contributed by atoms with Crippen molar-refractivity contribution < 1.29 is 9.53 Å². The summed E-state index contributed by atoms with van der Waals surface area (Å²) in [4.78, 5) is 12.2. The molecule has 0 unspecified atom stereocenters. The van der Waals surface area contributed by atoms with Crippen LogP contribution in [0.2, 0.25) is 0 Å². The first-order valence-corrected chi connectivity index (χ1v) is 8.98. The molecule has 6 nitrogen and oxygen atoms in total. The Morgan fingerprint density at radius 1 is 0.786 bits per heavy atom. The second-order valence-corrected chi connectivity index (χ2v) is 6.24. The fourth-order valence-electron chi connectivity index (χ4n) is 2.40. The molecule has 0 aliphatic rings. The number of hydrogen-bond acceptors (Lipinski definition) is 4. The van der Waals surface area contributed by atoms with Crippen LogP contribution in [0.3, 0.4) is 0 Å². The smallest absolute Gasteiger partial charge is 0.269 e. The number of amides is 1. The summed E-state index contributed by atoms with van der Waals surface area (Å²) in [6.45, 7) is 0. The molecule has 0 aliphatic carbocycles. The maximum absolute atomic E-state index is 12.2. The number of para-hydroxylation sites is 1. The van der Waals surface area contributed by atoms with Gasteiger partial charge in [-0.05, 0) is 72.9 Å². The lowest BCUT2D eigenvalue weighted by atomic mass is 10.2. The number of methoxy groups -OCH3 is 1. The summed E-state index contributed by atoms with van der Waals surface area (Å²) >= 11 is 5.30. The number of nitrogens with one attached hydrogen (secondary N) is 4. The summed E-state index contributed by atoms with van der Waals surface area (Å²) in [7, 11) is 1.58. The Morgan fingerprint density at radius 2 is 1.36 bits per heavy atom. The molecule has 142 valence electrons. The van der Waals surface area contributed by atoms with Crippen molar-refractivity contribution in [2.45, 2.75) is 0 Å². The number of carbonyl (C=O) groups is 1. The highest BCUT2D eigenvalue weighted by molar-refractivity contribution is 7.80. The number of anilines is 3. The van der Waals surface area contributed by atoms with E-state index in [0.717, 1.165) is 17.1 Å². The van der Waals surface area contributed by atoms with Gasteiger partial charge in [-0.3, -0.25) is 15.6 Å². The van der Waals surface area contributed by atoms with E-state index in [-0.39, 0.29) is 5.91 Å². The van der Waals surface area contributed by atoms with E-state index in [4.69, 9.17) is 17.0 Å². The van der Waals surface area contributed by atoms with Gasteiger partial charge < -0.3 is 15.4 Å². The molecule has 28 heavy (non-hydrogen) atoms. The largest absolute Gasteiger partial charge is 0.497 e. The van der Waals surface area contributed by atoms with Crippen LogP contribution < -0.4 is 26.2 Å². The molecule has 0 fully saturated rings. The molecule has 0 aliphatic heterocycles. The van der Waals surface area contributed by atoms with Crippen molar-refractivity contribution in [3.8, 4) is 5.75 Å². The molecule has 0 aromatic heterocycles. The first-order chi connectivity index (χ1) is 13.6. The van der Waals surface area contributed by atoms with Crippen molar-refractivity contribution in [1.82, 2.24) is 5.43 Å². The maximum Gasteiger partial charge on any atom is 0.269 e. The Morgan fingerprint density at radius 3 is 1.96 bits per heavy atom. The van der Waals surface area contributed by atoms with E-state index in [1.54, 1.807) is 31.4 Å². The van der Waals surface area contributed by atoms with Gasteiger partial charge in [0.15, 0.2) is 5.11 Å². The van der Waals surface area contributed by atoms with Crippen molar-refractivity contribution in [1.29, 1.82) is 0 Å². The van der Waals surface area contributed by atoms with Crippen LogP contribution in [0.15, 0.2) is 78.9 Å². The van der Waals surface area contributed by atoms with Crippen LogP contribution in [0.25, 0.3) is 0 Å². The SMILES string of the molecule is COc1ccc(C(=O)NNc2ccc(NC(=S)Nc3ccccc3)cc2)cc1. The fourth-order valence-corrected chi connectivity index (χ4v) is 2.63. The highest BCUT2D eigenvalue weighted by Gasteiger charge is 2.05. The van der Waals surface area contributed by atoms with E-state index in [1.807, 2.05) is 54.6 Å². The highest BCUT2D eigenvalue weighted by atomic mass is 32.1. The van der Waals surface area contributed by atoms with Crippen molar-refractivity contribution in [3.05, 3.63) is 84.4 Å². The summed E-state index contributed by atoms with van der Waals surface area (Å²) in [5, 5.41) is 6.72. The minimum Gasteiger partial charge on any atom is -0.497 e. The van der Waals surface area contributed by atoms with Crippen LogP contribution in [0.1, 0.15) is 10.4 Å². The monoisotopic (exact) mass is 392 g/mol. The van der Waals surface area contributed by atoms with Crippen molar-refractivity contribution in [3.63, 3.8) is 0 Å². The van der Waals surface area contributed by atoms with Gasteiger partial charge in [0.1, 0.15) is 5.75 Å². The molecule has 4 N–H and O–H groups in total. The lowest BCUT2D eigenvalue weighted by Gasteiger charge is -2.12. The number of carbonyl (C=O) groups excluding carboxylic acids is 1. The number of thiocarbonyl (C=S) groups is 1. The summed E-state index contributed by atoms with van der Waals surface area (Å²) < 4.78 is 5.08. The molecule has 3 aromatic rings. The maximum atomic E-state index is 12.2. The molecule has 0 atom stereocenters. The normalized spacial score (nSPS) is 9.89. The van der Waals surface area contributed by atoms with Crippen LogP contribution in [-0.4, -0.2) is 18.1 Å². The predicted octanol–water partition coefficient (Wildman–Crippen LogP) is 4.26. The van der Waals surface area contributed by atoms with E-state index in [2.05, 4.69) is 21.5 Å². The van der Waals surface area contributed by atoms with Crippen LogP contribution in [-0.2, 0) is 0 Å². The van der Waals surface area contributed by atoms with Gasteiger partial charge in [0, 0.05) is 16.9 Å². The van der Waals surface area contributed by atoms with Crippen molar-refractivity contribution >= 4 is 40.3 Å². The van der Waals surface area contributed by atoms with E-state index < -0.39 is 0 Å². The standard InChI is InChI=1S/C21H20N4O2S/c1-27-19-13-7-15(8-14-19)20(26)25-24-18-11-9-17(10-12-18)23-21(28)22-16-5-3-2-4-6-16/h2-14,24H,1H3,(H,25,26)(H2,22,23,28). The fraction of sp³-hybridized carbons (Fsp3) is 0.0476. The molecule has 3 rings (SSSR count). The summed E-state index contributed by atoms with van der Waals surface area (Å²) in [5.41, 5.74) is 8.57. The molecule has 0 bridgehead atoms. The lowest BCUT2D eigenvalue weighted by Crippen LogP contribution is -2.29. The van der Waals surface area contributed by atoms with Gasteiger partial charge in [-0.25, -0.2) is 0 Å². The zero-order chi connectivity index (χ0) is 19.8. The molecule has 0 spiro atoms. The van der Waals surface area contributed by atoms with E-state index >= 15 is 0 Å². The Kier molecular flexibility index (Phi) is 6.43. The predicted molar refractivity (Wildman–Crippen MR) is 117 cm³/mol. The van der Waals surface area contributed by atoms with Crippen molar-refractivity contribution in [2.24, 2.45) is 0 Å². The number of rotatable bonds is 6. The number of benzene rings is 3. The molecular weight excluding hydrogens is 372 g/mol. The molecule has 0 heterocycles. The molecule has 0 radical (unpaired) electrons. The van der Waals surface area contributed by atoms with Gasteiger partial charge in [0.25, 0.3) is 5.91 Å². The topological polar surface area (TPSA) is 74.4 Å². The third kappa shape index (κ3) is 5.46. The van der Waals surface area contributed by atoms with Gasteiger partial charge in [0.2, 0.25) is 0 Å². The molecule has 3 aromatic carbocycles. The molecule has 0 saturated carbocycles. The Hall–Kier alpha value is -3.58.